The number of hydrogen-bond acceptors (Lipinski definition) is 3. The summed E-state index contributed by atoms with van der Waals surface area (Å²) in [5.74, 6) is 10.9. The van der Waals surface area contributed by atoms with E-state index in [9.17, 15) is 5.11 Å². The van der Waals surface area contributed by atoms with E-state index in [0.717, 1.165) is 29.0 Å². The Balaban J connectivity index is 3.35. The van der Waals surface area contributed by atoms with E-state index < -0.39 is 40.6 Å². The first-order valence-electron chi connectivity index (χ1n) is 18.8. The van der Waals surface area contributed by atoms with E-state index in [4.69, 9.17) is 8.85 Å². The Labute approximate surface area is 301 Å². The van der Waals surface area contributed by atoms with E-state index in [1.165, 1.54) is 51.8 Å². The van der Waals surface area contributed by atoms with Crippen molar-refractivity contribution >= 4 is 50.9 Å². The van der Waals surface area contributed by atoms with Gasteiger partial charge in [-0.1, -0.05) is 20.8 Å². The first kappa shape index (κ1) is 44.5. The number of aliphatic hydroxyl groups is 1. The third kappa shape index (κ3) is 14.0. The molecule has 1 rings (SSSR count). The molecule has 1 aliphatic carbocycles. The van der Waals surface area contributed by atoms with Gasteiger partial charge in [0, 0.05) is 0 Å². The summed E-state index contributed by atoms with van der Waals surface area (Å²) in [6.07, 6.45) is 11.3. The van der Waals surface area contributed by atoms with Crippen molar-refractivity contribution in [2.45, 2.75) is 201 Å². The molecule has 46 heavy (non-hydrogen) atoms. The summed E-state index contributed by atoms with van der Waals surface area (Å²) in [6, 6.07) is 3.29. The summed E-state index contributed by atoms with van der Waals surface area (Å²) in [5, 5.41) is 11.8. The summed E-state index contributed by atoms with van der Waals surface area (Å²) in [5.41, 5.74) is -1.20. The quantitative estimate of drug-likeness (QED) is 0.104. The van der Waals surface area contributed by atoms with Gasteiger partial charge in [-0.2, -0.15) is 0 Å². The fourth-order valence-corrected chi connectivity index (χ4v) is 24.6. The Bertz CT molecular complexity index is 1040. The monoisotopic (exact) mass is 844 g/mol. The molecule has 1 N–H and O–H groups in total. The van der Waals surface area contributed by atoms with Gasteiger partial charge in [0.25, 0.3) is 0 Å². The topological polar surface area (TPSA) is 38.7 Å². The SMILES string of the molecule is CCC[CH2][Sn]([C]#CC(C)(C)CC(C#CCC1(O)CC(O[Si](C)(C)C(C)(C)C)C=C1Br)O[Si](CC)(CC)CC)([CH2]CCC)[CH2]CCC. The molecule has 0 amide bonds. The minimum atomic E-state index is -2.58. The Morgan fingerprint density at radius 1 is 0.935 bits per heavy atom. The van der Waals surface area contributed by atoms with Gasteiger partial charge in [-0.25, -0.2) is 0 Å². The van der Waals surface area contributed by atoms with Crippen LogP contribution in [0.1, 0.15) is 134 Å². The van der Waals surface area contributed by atoms with Gasteiger partial charge >= 0.3 is 257 Å². The number of hydrogen-bond donors (Lipinski definition) is 1. The zero-order chi connectivity index (χ0) is 35.3. The third-order valence-corrected chi connectivity index (χ3v) is 34.2. The van der Waals surface area contributed by atoms with Gasteiger partial charge in [0.2, 0.25) is 0 Å². The molecule has 0 aromatic carbocycles. The molecule has 3 unspecified atom stereocenters. The van der Waals surface area contributed by atoms with Crippen LogP contribution in [0, 0.1) is 27.1 Å². The second-order valence-electron chi connectivity index (χ2n) is 16.4. The van der Waals surface area contributed by atoms with Crippen molar-refractivity contribution in [3.8, 4) is 21.7 Å². The molecular weight excluding hydrogens is 771 g/mol. The van der Waals surface area contributed by atoms with E-state index in [1.807, 2.05) is 0 Å². The molecule has 3 atom stereocenters. The second-order valence-corrected chi connectivity index (χ2v) is 39.1. The van der Waals surface area contributed by atoms with Gasteiger partial charge in [0.15, 0.2) is 8.32 Å². The molecule has 0 saturated carbocycles. The molecule has 0 saturated heterocycles. The second kappa shape index (κ2) is 19.7. The molecule has 0 radical (unpaired) electrons. The van der Waals surface area contributed by atoms with Gasteiger partial charge in [-0.3, -0.25) is 0 Å². The summed E-state index contributed by atoms with van der Waals surface area (Å²) in [4.78, 5) is 0. The number of unbranched alkanes of at least 4 members (excludes halogenated alkanes) is 3. The molecule has 0 aromatic heterocycles. The zero-order valence-electron chi connectivity index (χ0n) is 32.5. The zero-order valence-corrected chi connectivity index (χ0v) is 38.9. The Morgan fingerprint density at radius 3 is 1.87 bits per heavy atom. The standard InChI is InChI=1S/C27H46BrO3Si2.3C4H9.Sn/c1-12-26(8,9)20-22(31-33(13-2,14-3)15-4)17-16-18-27(29)21-23(19-24(27)28)30-32(10,11)25(5,6)7;3*1-3-4-2;/h19,22-23,29H,13-15,18,20-21H2,2-11H3;3*1,3-4H2,2H3;. The maximum atomic E-state index is 11.7. The Kier molecular flexibility index (Phi) is 19.1. The predicted octanol–water partition coefficient (Wildman–Crippen LogP) is 12.4. The van der Waals surface area contributed by atoms with Gasteiger partial charge in [-0.15, -0.1) is 0 Å². The van der Waals surface area contributed by atoms with Crippen molar-refractivity contribution < 1.29 is 14.0 Å². The first-order valence-corrected chi connectivity index (χ1v) is 32.5. The fourth-order valence-electron chi connectivity index (χ4n) is 6.25. The van der Waals surface area contributed by atoms with Crippen molar-refractivity contribution in [1.29, 1.82) is 0 Å². The molecule has 0 fully saturated rings. The average molecular weight is 845 g/mol. The molecule has 266 valence electrons. The summed E-state index contributed by atoms with van der Waals surface area (Å²) < 4.78 is 22.9. The first-order chi connectivity index (χ1) is 21.3. The summed E-state index contributed by atoms with van der Waals surface area (Å²) in [7, 11) is -3.86. The van der Waals surface area contributed by atoms with E-state index >= 15 is 0 Å². The number of halogens is 1. The van der Waals surface area contributed by atoms with E-state index in [2.05, 4.69) is 133 Å². The summed E-state index contributed by atoms with van der Waals surface area (Å²) in [6.45, 7) is 29.8. The van der Waals surface area contributed by atoms with E-state index in [0.29, 0.717) is 12.8 Å². The van der Waals surface area contributed by atoms with Crippen LogP contribution < -0.4 is 0 Å². The average Bonchev–Trinajstić information content (AvgIpc) is 3.25. The summed E-state index contributed by atoms with van der Waals surface area (Å²) >= 11 is 1.11. The van der Waals surface area contributed by atoms with Crippen LogP contribution in [0.4, 0.5) is 0 Å². The van der Waals surface area contributed by atoms with Crippen LogP contribution in [0.3, 0.4) is 0 Å². The van der Waals surface area contributed by atoms with Crippen molar-refractivity contribution in [3.05, 3.63) is 10.6 Å². The van der Waals surface area contributed by atoms with Gasteiger partial charge < -0.3 is 0 Å². The Hall–Kier alpha value is 0.452. The van der Waals surface area contributed by atoms with Crippen molar-refractivity contribution in [2.75, 3.05) is 0 Å². The van der Waals surface area contributed by atoms with Gasteiger partial charge in [0.1, 0.15) is 0 Å². The molecule has 7 heteroatoms. The molecule has 3 nitrogen and oxygen atoms in total. The molecule has 0 heterocycles. The molecule has 0 aliphatic heterocycles. The van der Waals surface area contributed by atoms with Crippen LogP contribution in [0.15, 0.2) is 10.6 Å². The molecule has 0 spiro atoms. The Morgan fingerprint density at radius 2 is 1.43 bits per heavy atom. The fraction of sp³-hybridized carbons (Fsp3) is 0.846. The molecule has 0 bridgehead atoms. The molecular formula is C39H73BrO3Si2Sn. The van der Waals surface area contributed by atoms with Crippen molar-refractivity contribution in [1.82, 2.24) is 0 Å². The number of rotatable bonds is 19. The normalized spacial score (nSPS) is 20.1. The van der Waals surface area contributed by atoms with Crippen LogP contribution >= 0.6 is 15.9 Å². The van der Waals surface area contributed by atoms with E-state index in [1.54, 1.807) is 0 Å². The van der Waals surface area contributed by atoms with Crippen LogP contribution in [0.25, 0.3) is 0 Å². The van der Waals surface area contributed by atoms with Crippen LogP contribution in [-0.2, 0) is 8.85 Å². The van der Waals surface area contributed by atoms with Crippen LogP contribution in [-0.4, -0.2) is 57.9 Å². The molecule has 0 aromatic rings. The minimum absolute atomic E-state index is 0.0941. The predicted molar refractivity (Wildman–Crippen MR) is 214 cm³/mol. The van der Waals surface area contributed by atoms with Crippen molar-refractivity contribution in [3.63, 3.8) is 0 Å². The van der Waals surface area contributed by atoms with Gasteiger partial charge in [-0.05, 0) is 18.1 Å². The molecule has 1 aliphatic rings. The van der Waals surface area contributed by atoms with E-state index in [-0.39, 0.29) is 22.7 Å². The van der Waals surface area contributed by atoms with Crippen LogP contribution in [0.2, 0.25) is 49.6 Å². The van der Waals surface area contributed by atoms with Gasteiger partial charge in [0.05, 0.1) is 0 Å². The van der Waals surface area contributed by atoms with Crippen molar-refractivity contribution in [2.24, 2.45) is 5.41 Å². The maximum absolute atomic E-state index is 11.7. The third-order valence-electron chi connectivity index (χ3n) is 10.9. The van der Waals surface area contributed by atoms with Crippen LogP contribution in [0.5, 0.6) is 0 Å².